The highest BCUT2D eigenvalue weighted by molar-refractivity contribution is 9.10. The second kappa shape index (κ2) is 6.17. The number of hydrogen-bond acceptors (Lipinski definition) is 2. The average molecular weight is 323 g/mol. The fraction of sp³-hybridized carbons (Fsp3) is 0.200. The van der Waals surface area contributed by atoms with Crippen molar-refractivity contribution >= 4 is 27.3 Å². The van der Waals surface area contributed by atoms with Crippen LogP contribution in [0.4, 0.5) is 15.8 Å². The minimum Gasteiger partial charge on any atom is -0.342 e. The third kappa shape index (κ3) is 3.14. The Morgan fingerprint density at radius 3 is 2.26 bits per heavy atom. The van der Waals surface area contributed by atoms with Crippen LogP contribution in [0.15, 0.2) is 46.9 Å². The van der Waals surface area contributed by atoms with Crippen molar-refractivity contribution in [2.24, 2.45) is 5.73 Å². The molecule has 0 saturated heterocycles. The van der Waals surface area contributed by atoms with Crippen LogP contribution in [0.25, 0.3) is 0 Å². The molecule has 0 aromatic heterocycles. The number of rotatable bonds is 4. The molecule has 0 spiro atoms. The molecule has 2 rings (SSSR count). The quantitative estimate of drug-likeness (QED) is 0.913. The first kappa shape index (κ1) is 14.0. The van der Waals surface area contributed by atoms with E-state index in [1.54, 1.807) is 12.1 Å². The smallest absolute Gasteiger partial charge is 0.123 e. The SMILES string of the molecule is CCN(c1ccc(F)cc1)c1ccc(CN)c(Br)c1. The van der Waals surface area contributed by atoms with E-state index in [9.17, 15) is 4.39 Å². The first-order valence-electron chi connectivity index (χ1n) is 6.17. The van der Waals surface area contributed by atoms with E-state index in [1.807, 2.05) is 18.2 Å². The molecule has 0 atom stereocenters. The van der Waals surface area contributed by atoms with Gasteiger partial charge in [0.15, 0.2) is 0 Å². The molecule has 100 valence electrons. The molecule has 0 aliphatic heterocycles. The van der Waals surface area contributed by atoms with Gasteiger partial charge >= 0.3 is 0 Å². The van der Waals surface area contributed by atoms with Gasteiger partial charge in [-0.25, -0.2) is 4.39 Å². The maximum absolute atomic E-state index is 13.0. The van der Waals surface area contributed by atoms with E-state index < -0.39 is 0 Å². The molecule has 0 unspecified atom stereocenters. The van der Waals surface area contributed by atoms with E-state index >= 15 is 0 Å². The summed E-state index contributed by atoms with van der Waals surface area (Å²) in [6.07, 6.45) is 0. The summed E-state index contributed by atoms with van der Waals surface area (Å²) in [5, 5.41) is 0. The lowest BCUT2D eigenvalue weighted by Gasteiger charge is -2.24. The van der Waals surface area contributed by atoms with Crippen LogP contribution in [0.5, 0.6) is 0 Å². The average Bonchev–Trinajstić information content (AvgIpc) is 2.42. The van der Waals surface area contributed by atoms with Gasteiger partial charge in [-0.1, -0.05) is 22.0 Å². The van der Waals surface area contributed by atoms with Crippen LogP contribution in [0.1, 0.15) is 12.5 Å². The fourth-order valence-corrected chi connectivity index (χ4v) is 2.53. The minimum atomic E-state index is -0.223. The Kier molecular flexibility index (Phi) is 4.56. The molecule has 0 heterocycles. The lowest BCUT2D eigenvalue weighted by Crippen LogP contribution is -2.16. The normalized spacial score (nSPS) is 10.5. The molecule has 0 aliphatic carbocycles. The third-order valence-corrected chi connectivity index (χ3v) is 3.76. The molecule has 0 radical (unpaired) electrons. The van der Waals surface area contributed by atoms with Crippen molar-refractivity contribution in [2.45, 2.75) is 13.5 Å². The van der Waals surface area contributed by atoms with Crippen LogP contribution in [-0.2, 0) is 6.54 Å². The van der Waals surface area contributed by atoms with E-state index in [4.69, 9.17) is 5.73 Å². The number of nitrogens with zero attached hydrogens (tertiary/aromatic N) is 1. The number of hydrogen-bond donors (Lipinski definition) is 1. The van der Waals surface area contributed by atoms with Crippen LogP contribution in [0.2, 0.25) is 0 Å². The predicted molar refractivity (Wildman–Crippen MR) is 81.1 cm³/mol. The van der Waals surface area contributed by atoms with Gasteiger partial charge in [-0.15, -0.1) is 0 Å². The van der Waals surface area contributed by atoms with E-state index in [2.05, 4.69) is 27.8 Å². The van der Waals surface area contributed by atoms with Gasteiger partial charge in [0.2, 0.25) is 0 Å². The molecule has 4 heteroatoms. The highest BCUT2D eigenvalue weighted by Crippen LogP contribution is 2.29. The Morgan fingerprint density at radius 1 is 1.11 bits per heavy atom. The van der Waals surface area contributed by atoms with E-state index in [-0.39, 0.29) is 5.82 Å². The van der Waals surface area contributed by atoms with Gasteiger partial charge < -0.3 is 10.6 Å². The Balaban J connectivity index is 2.36. The molecule has 2 N–H and O–H groups in total. The summed E-state index contributed by atoms with van der Waals surface area (Å²) >= 11 is 3.52. The maximum Gasteiger partial charge on any atom is 0.123 e. The van der Waals surface area contributed by atoms with Crippen LogP contribution >= 0.6 is 15.9 Å². The second-order valence-electron chi connectivity index (χ2n) is 4.20. The molecule has 2 aromatic rings. The maximum atomic E-state index is 13.0. The van der Waals surface area contributed by atoms with Gasteiger partial charge in [0.1, 0.15) is 5.82 Å². The van der Waals surface area contributed by atoms with Crippen LogP contribution in [-0.4, -0.2) is 6.54 Å². The van der Waals surface area contributed by atoms with Crippen molar-refractivity contribution in [1.82, 2.24) is 0 Å². The number of anilines is 2. The highest BCUT2D eigenvalue weighted by atomic mass is 79.9. The Morgan fingerprint density at radius 2 is 1.74 bits per heavy atom. The van der Waals surface area contributed by atoms with Gasteiger partial charge in [-0.2, -0.15) is 0 Å². The summed E-state index contributed by atoms with van der Waals surface area (Å²) < 4.78 is 14.0. The van der Waals surface area contributed by atoms with Gasteiger partial charge in [-0.3, -0.25) is 0 Å². The summed E-state index contributed by atoms with van der Waals surface area (Å²) in [7, 11) is 0. The molecular formula is C15H16BrFN2. The van der Waals surface area contributed by atoms with E-state index in [0.29, 0.717) is 6.54 Å². The third-order valence-electron chi connectivity index (χ3n) is 3.02. The van der Waals surface area contributed by atoms with Crippen molar-refractivity contribution in [3.63, 3.8) is 0 Å². The summed E-state index contributed by atoms with van der Waals surface area (Å²) in [6.45, 7) is 3.37. The van der Waals surface area contributed by atoms with Gasteiger partial charge in [0, 0.05) is 28.9 Å². The second-order valence-corrected chi connectivity index (χ2v) is 5.05. The van der Waals surface area contributed by atoms with Crippen molar-refractivity contribution < 1.29 is 4.39 Å². The van der Waals surface area contributed by atoms with Crippen LogP contribution in [0, 0.1) is 5.82 Å². The molecule has 2 nitrogen and oxygen atoms in total. The Hall–Kier alpha value is -1.39. The van der Waals surface area contributed by atoms with Crippen molar-refractivity contribution in [3.05, 3.63) is 58.3 Å². The van der Waals surface area contributed by atoms with Gasteiger partial charge in [0.05, 0.1) is 0 Å². The zero-order valence-corrected chi connectivity index (χ0v) is 12.3. The molecule has 2 aromatic carbocycles. The summed E-state index contributed by atoms with van der Waals surface area (Å²) in [4.78, 5) is 2.12. The van der Waals surface area contributed by atoms with Gasteiger partial charge in [0.25, 0.3) is 0 Å². The number of benzene rings is 2. The topological polar surface area (TPSA) is 29.3 Å². The Bertz CT molecular complexity index is 555. The molecule has 0 bridgehead atoms. The molecule has 0 saturated carbocycles. The van der Waals surface area contributed by atoms with E-state index in [1.165, 1.54) is 12.1 Å². The minimum absolute atomic E-state index is 0.223. The molecule has 0 fully saturated rings. The van der Waals surface area contributed by atoms with Crippen molar-refractivity contribution in [1.29, 1.82) is 0 Å². The first-order chi connectivity index (χ1) is 9.15. The van der Waals surface area contributed by atoms with Gasteiger partial charge in [-0.05, 0) is 48.9 Å². The molecule has 19 heavy (non-hydrogen) atoms. The molecule has 0 amide bonds. The molecule has 0 aliphatic rings. The van der Waals surface area contributed by atoms with Crippen LogP contribution < -0.4 is 10.6 Å². The first-order valence-corrected chi connectivity index (χ1v) is 6.96. The zero-order chi connectivity index (χ0) is 13.8. The van der Waals surface area contributed by atoms with Crippen molar-refractivity contribution in [2.75, 3.05) is 11.4 Å². The zero-order valence-electron chi connectivity index (χ0n) is 10.7. The summed E-state index contributed by atoms with van der Waals surface area (Å²) in [6, 6.07) is 12.6. The monoisotopic (exact) mass is 322 g/mol. The van der Waals surface area contributed by atoms with E-state index in [0.717, 1.165) is 28.0 Å². The lowest BCUT2D eigenvalue weighted by molar-refractivity contribution is 0.628. The number of nitrogens with two attached hydrogens (primary N) is 1. The predicted octanol–water partition coefficient (Wildman–Crippen LogP) is 4.20. The Labute approximate surface area is 121 Å². The summed E-state index contributed by atoms with van der Waals surface area (Å²) in [5.74, 6) is -0.223. The van der Waals surface area contributed by atoms with Crippen molar-refractivity contribution in [3.8, 4) is 0 Å². The summed E-state index contributed by atoms with van der Waals surface area (Å²) in [5.41, 5.74) is 8.74. The standard InChI is InChI=1S/C15H16BrFN2/c1-2-19(13-7-4-12(17)5-8-13)14-6-3-11(10-18)15(16)9-14/h3-9H,2,10,18H2,1H3. The highest BCUT2D eigenvalue weighted by Gasteiger charge is 2.09. The number of halogens is 2. The lowest BCUT2D eigenvalue weighted by atomic mass is 10.1. The largest absolute Gasteiger partial charge is 0.342 e. The van der Waals surface area contributed by atoms with Crippen LogP contribution in [0.3, 0.4) is 0 Å². The fourth-order valence-electron chi connectivity index (χ4n) is 2.00. The molecular weight excluding hydrogens is 307 g/mol.